The van der Waals surface area contributed by atoms with E-state index in [2.05, 4.69) is 10.4 Å². The fourth-order valence-electron chi connectivity index (χ4n) is 2.99. The Morgan fingerprint density at radius 3 is 2.77 bits per heavy atom. The third kappa shape index (κ3) is 5.66. The maximum absolute atomic E-state index is 12.4. The molecule has 2 aromatic carbocycles. The van der Waals surface area contributed by atoms with Gasteiger partial charge in [-0.2, -0.15) is 5.10 Å². The Balaban J connectivity index is 1.54. The summed E-state index contributed by atoms with van der Waals surface area (Å²) in [5.74, 6) is 0.0316. The Labute approximate surface area is 174 Å². The summed E-state index contributed by atoms with van der Waals surface area (Å²) < 4.78 is 7.49. The number of benzene rings is 2. The highest BCUT2D eigenvalue weighted by atomic mass is 16.6. The van der Waals surface area contributed by atoms with Gasteiger partial charge in [-0.05, 0) is 55.2 Å². The van der Waals surface area contributed by atoms with Crippen molar-refractivity contribution in [2.24, 2.45) is 0 Å². The molecule has 0 spiro atoms. The van der Waals surface area contributed by atoms with Gasteiger partial charge in [0.05, 0.1) is 11.1 Å². The van der Waals surface area contributed by atoms with E-state index in [1.54, 1.807) is 43.5 Å². The summed E-state index contributed by atoms with van der Waals surface area (Å²) in [5, 5.41) is 18.3. The van der Waals surface area contributed by atoms with E-state index in [0.29, 0.717) is 12.1 Å². The van der Waals surface area contributed by atoms with Crippen molar-refractivity contribution in [2.75, 3.05) is 6.54 Å². The van der Waals surface area contributed by atoms with E-state index in [-0.39, 0.29) is 24.0 Å². The highest BCUT2D eigenvalue weighted by Gasteiger charge is 2.15. The molecule has 3 aromatic rings. The number of nitrogens with one attached hydrogen (secondary N) is 1. The first-order valence-electron chi connectivity index (χ1n) is 9.66. The van der Waals surface area contributed by atoms with Crippen molar-refractivity contribution < 1.29 is 14.5 Å². The quantitative estimate of drug-likeness (QED) is 0.330. The molecular formula is C22H24N4O4. The first-order valence-corrected chi connectivity index (χ1v) is 9.66. The van der Waals surface area contributed by atoms with Crippen LogP contribution in [0.4, 0.5) is 5.69 Å². The van der Waals surface area contributed by atoms with Crippen LogP contribution in [0.1, 0.15) is 33.5 Å². The Kier molecular flexibility index (Phi) is 6.79. The molecule has 1 amide bonds. The van der Waals surface area contributed by atoms with E-state index < -0.39 is 4.92 Å². The highest BCUT2D eigenvalue weighted by molar-refractivity contribution is 5.94. The molecule has 8 heteroatoms. The van der Waals surface area contributed by atoms with Gasteiger partial charge in [-0.1, -0.05) is 18.2 Å². The van der Waals surface area contributed by atoms with Crippen molar-refractivity contribution >= 4 is 11.6 Å². The van der Waals surface area contributed by atoms with E-state index in [4.69, 9.17) is 4.74 Å². The maximum atomic E-state index is 12.4. The van der Waals surface area contributed by atoms with Crippen molar-refractivity contribution in [1.82, 2.24) is 15.1 Å². The van der Waals surface area contributed by atoms with Crippen LogP contribution in [-0.4, -0.2) is 27.2 Å². The van der Waals surface area contributed by atoms with Gasteiger partial charge in [0.25, 0.3) is 5.91 Å². The monoisotopic (exact) mass is 408 g/mol. The number of hydrogen-bond acceptors (Lipinski definition) is 5. The van der Waals surface area contributed by atoms with Gasteiger partial charge >= 0.3 is 5.69 Å². The zero-order valence-electron chi connectivity index (χ0n) is 17.0. The van der Waals surface area contributed by atoms with Crippen molar-refractivity contribution in [3.63, 3.8) is 0 Å². The van der Waals surface area contributed by atoms with Gasteiger partial charge in [0.15, 0.2) is 5.75 Å². The first kappa shape index (κ1) is 21.0. The van der Waals surface area contributed by atoms with Gasteiger partial charge in [0.2, 0.25) is 0 Å². The van der Waals surface area contributed by atoms with Crippen LogP contribution in [0, 0.1) is 24.0 Å². The van der Waals surface area contributed by atoms with Gasteiger partial charge in [0, 0.05) is 30.9 Å². The number of rotatable bonds is 9. The molecule has 0 radical (unpaired) electrons. The zero-order valence-corrected chi connectivity index (χ0v) is 17.0. The predicted molar refractivity (Wildman–Crippen MR) is 113 cm³/mol. The standard InChI is InChI=1S/C22H24N4O4/c1-16-7-8-21(20(11-16)26(28)29)30-15-18-5-3-6-19(12-18)22(27)23-9-4-10-25-14-17(2)13-24-25/h3,5-8,11-14H,4,9-10,15H2,1-2H3,(H,23,27). The van der Waals surface area contributed by atoms with Gasteiger partial charge in [0.1, 0.15) is 6.61 Å². The van der Waals surface area contributed by atoms with E-state index in [1.165, 1.54) is 6.07 Å². The lowest BCUT2D eigenvalue weighted by Crippen LogP contribution is -2.25. The van der Waals surface area contributed by atoms with Crippen LogP contribution in [0.5, 0.6) is 5.75 Å². The molecule has 156 valence electrons. The molecular weight excluding hydrogens is 384 g/mol. The van der Waals surface area contributed by atoms with Crippen LogP contribution < -0.4 is 10.1 Å². The number of hydrogen-bond donors (Lipinski definition) is 1. The molecule has 3 rings (SSSR count). The predicted octanol–water partition coefficient (Wildman–Crippen LogP) is 3.81. The lowest BCUT2D eigenvalue weighted by molar-refractivity contribution is -0.386. The molecule has 1 aromatic heterocycles. The number of amides is 1. The fourth-order valence-corrected chi connectivity index (χ4v) is 2.99. The lowest BCUT2D eigenvalue weighted by atomic mass is 10.1. The number of aryl methyl sites for hydroxylation is 3. The number of carbonyl (C=O) groups is 1. The molecule has 0 aliphatic heterocycles. The van der Waals surface area contributed by atoms with Crippen LogP contribution in [-0.2, 0) is 13.2 Å². The molecule has 8 nitrogen and oxygen atoms in total. The average molecular weight is 408 g/mol. The van der Waals surface area contributed by atoms with E-state index in [0.717, 1.165) is 29.7 Å². The molecule has 1 heterocycles. The van der Waals surface area contributed by atoms with Crippen LogP contribution in [0.25, 0.3) is 0 Å². The number of nitrogens with zero attached hydrogens (tertiary/aromatic N) is 3. The normalized spacial score (nSPS) is 10.6. The van der Waals surface area contributed by atoms with Gasteiger partial charge in [-0.15, -0.1) is 0 Å². The lowest BCUT2D eigenvalue weighted by Gasteiger charge is -2.09. The van der Waals surface area contributed by atoms with Crippen molar-refractivity contribution in [1.29, 1.82) is 0 Å². The van der Waals surface area contributed by atoms with Crippen molar-refractivity contribution in [3.8, 4) is 5.75 Å². The minimum absolute atomic E-state index is 0.0729. The summed E-state index contributed by atoms with van der Waals surface area (Å²) in [7, 11) is 0. The van der Waals surface area contributed by atoms with E-state index in [9.17, 15) is 14.9 Å². The second kappa shape index (κ2) is 9.69. The van der Waals surface area contributed by atoms with Crippen LogP contribution in [0.2, 0.25) is 0 Å². The highest BCUT2D eigenvalue weighted by Crippen LogP contribution is 2.28. The van der Waals surface area contributed by atoms with Crippen LogP contribution >= 0.6 is 0 Å². The van der Waals surface area contributed by atoms with Gasteiger partial charge < -0.3 is 10.1 Å². The average Bonchev–Trinajstić information content (AvgIpc) is 3.15. The molecule has 0 saturated carbocycles. The molecule has 0 saturated heterocycles. The SMILES string of the molecule is Cc1ccc(OCc2cccc(C(=O)NCCCn3cc(C)cn3)c2)c([N+](=O)[O-])c1. The zero-order chi connectivity index (χ0) is 21.5. The van der Waals surface area contributed by atoms with Gasteiger partial charge in [-0.25, -0.2) is 0 Å². The topological polar surface area (TPSA) is 99.3 Å². The Hall–Kier alpha value is -3.68. The molecule has 0 bridgehead atoms. The smallest absolute Gasteiger partial charge is 0.311 e. The summed E-state index contributed by atoms with van der Waals surface area (Å²) in [4.78, 5) is 23.2. The molecule has 30 heavy (non-hydrogen) atoms. The first-order chi connectivity index (χ1) is 14.4. The molecule has 1 N–H and O–H groups in total. The third-order valence-corrected chi connectivity index (χ3v) is 4.51. The summed E-state index contributed by atoms with van der Waals surface area (Å²) in [6.45, 7) is 5.17. The number of carbonyl (C=O) groups excluding carboxylic acids is 1. The fraction of sp³-hybridized carbons (Fsp3) is 0.273. The summed E-state index contributed by atoms with van der Waals surface area (Å²) in [6, 6.07) is 11.9. The van der Waals surface area contributed by atoms with Crippen molar-refractivity contribution in [2.45, 2.75) is 33.4 Å². The summed E-state index contributed by atoms with van der Waals surface area (Å²) in [6.07, 6.45) is 4.54. The second-order valence-electron chi connectivity index (χ2n) is 7.11. The minimum Gasteiger partial charge on any atom is -0.482 e. The molecule has 0 aliphatic carbocycles. The summed E-state index contributed by atoms with van der Waals surface area (Å²) >= 11 is 0. The Bertz CT molecular complexity index is 1050. The number of nitro groups is 1. The molecule has 0 aliphatic rings. The van der Waals surface area contributed by atoms with E-state index >= 15 is 0 Å². The minimum atomic E-state index is -0.462. The van der Waals surface area contributed by atoms with Crippen molar-refractivity contribution in [3.05, 3.63) is 87.2 Å². The number of ether oxygens (including phenoxy) is 1. The number of aromatic nitrogens is 2. The Morgan fingerprint density at radius 2 is 2.03 bits per heavy atom. The van der Waals surface area contributed by atoms with Crippen LogP contribution in [0.15, 0.2) is 54.9 Å². The Morgan fingerprint density at radius 1 is 1.20 bits per heavy atom. The third-order valence-electron chi connectivity index (χ3n) is 4.51. The maximum Gasteiger partial charge on any atom is 0.311 e. The molecule has 0 unspecified atom stereocenters. The number of nitro benzene ring substituents is 1. The second-order valence-corrected chi connectivity index (χ2v) is 7.11. The molecule has 0 fully saturated rings. The van der Waals surface area contributed by atoms with Crippen LogP contribution in [0.3, 0.4) is 0 Å². The summed E-state index contributed by atoms with van der Waals surface area (Å²) in [5.41, 5.74) is 3.09. The van der Waals surface area contributed by atoms with E-state index in [1.807, 2.05) is 23.9 Å². The largest absolute Gasteiger partial charge is 0.482 e. The van der Waals surface area contributed by atoms with Gasteiger partial charge in [-0.3, -0.25) is 19.6 Å². The molecule has 0 atom stereocenters.